The van der Waals surface area contributed by atoms with Crippen LogP contribution in [0.15, 0.2) is 24.3 Å². The highest BCUT2D eigenvalue weighted by atomic mass is 32.0. The van der Waals surface area contributed by atoms with Crippen molar-refractivity contribution in [3.05, 3.63) is 59.2 Å². The lowest BCUT2D eigenvalue weighted by molar-refractivity contribution is 0.451. The van der Waals surface area contributed by atoms with Crippen LogP contribution in [0.4, 0.5) is 26.3 Å². The highest BCUT2D eigenvalue weighted by Crippen LogP contribution is 2.37. The van der Waals surface area contributed by atoms with Crippen LogP contribution in [0, 0.1) is 34.9 Å². The topological polar surface area (TPSA) is 0 Å². The van der Waals surface area contributed by atoms with Crippen molar-refractivity contribution in [1.29, 1.82) is 0 Å². The zero-order valence-electron chi connectivity index (χ0n) is 9.65. The van der Waals surface area contributed by atoms with Crippen molar-refractivity contribution >= 4 is 27.1 Å². The van der Waals surface area contributed by atoms with Crippen LogP contribution in [0.1, 0.15) is 0 Å². The van der Waals surface area contributed by atoms with Crippen LogP contribution < -0.4 is 10.6 Å². The molecule has 0 aliphatic carbocycles. The Balaban J connectivity index is 2.22. The van der Waals surface area contributed by atoms with Crippen LogP contribution in [0.3, 0.4) is 0 Å². The molecule has 0 aliphatic rings. The number of benzene rings is 2. The lowest BCUT2D eigenvalue weighted by atomic mass is 10.3. The van der Waals surface area contributed by atoms with E-state index in [1.54, 1.807) is 0 Å². The van der Waals surface area contributed by atoms with E-state index in [0.717, 1.165) is 24.3 Å². The fraction of sp³-hybridized carbons (Fsp3) is 0. The van der Waals surface area contributed by atoms with E-state index in [1.165, 1.54) is 0 Å². The Morgan fingerprint density at radius 1 is 0.650 bits per heavy atom. The van der Waals surface area contributed by atoms with Crippen LogP contribution in [-0.4, -0.2) is 0 Å². The van der Waals surface area contributed by atoms with Gasteiger partial charge in [-0.25, -0.2) is 22.0 Å². The first-order valence-electron chi connectivity index (χ1n) is 5.28. The Hall–Kier alpha value is -1.12. The van der Waals surface area contributed by atoms with E-state index in [2.05, 4.69) is 0 Å². The van der Waals surface area contributed by atoms with Crippen LogP contribution in [0.5, 0.6) is 0 Å². The Morgan fingerprint density at radius 2 is 1.20 bits per heavy atom. The Morgan fingerprint density at radius 3 is 1.85 bits per heavy atom. The molecule has 8 heteroatoms. The van der Waals surface area contributed by atoms with Gasteiger partial charge in [-0.05, 0) is 24.3 Å². The van der Waals surface area contributed by atoms with Gasteiger partial charge in [-0.2, -0.15) is 4.39 Å². The van der Waals surface area contributed by atoms with Crippen molar-refractivity contribution in [3.63, 3.8) is 0 Å². The van der Waals surface area contributed by atoms with E-state index in [9.17, 15) is 26.3 Å². The summed E-state index contributed by atoms with van der Waals surface area (Å²) in [6.07, 6.45) is 0. The molecule has 0 nitrogen and oxygen atoms in total. The predicted octanol–water partition coefficient (Wildman–Crippen LogP) is 3.48. The van der Waals surface area contributed by atoms with Crippen molar-refractivity contribution in [2.45, 2.75) is 0 Å². The molecular weight excluding hydrogens is 320 g/mol. The average Bonchev–Trinajstić information content (AvgIpc) is 2.43. The van der Waals surface area contributed by atoms with E-state index < -0.39 is 43.2 Å². The molecular formula is C12H7F6P2+. The lowest BCUT2D eigenvalue weighted by Crippen LogP contribution is -2.08. The molecule has 0 saturated heterocycles. The third-order valence-corrected chi connectivity index (χ3v) is 6.38. The number of hydrogen-bond donors (Lipinski definition) is 0. The second kappa shape index (κ2) is 6.11. The molecule has 0 radical (unpaired) electrons. The Kier molecular flexibility index (Phi) is 4.66. The molecule has 0 bridgehead atoms. The van der Waals surface area contributed by atoms with E-state index in [1.807, 2.05) is 0 Å². The van der Waals surface area contributed by atoms with Crippen molar-refractivity contribution in [2.24, 2.45) is 0 Å². The normalized spacial score (nSPS) is 12.1. The average molecular weight is 327 g/mol. The largest absolute Gasteiger partial charge is 0.204 e. The minimum Gasteiger partial charge on any atom is -0.204 e. The van der Waals surface area contributed by atoms with Gasteiger partial charge in [0.1, 0.15) is 5.30 Å². The van der Waals surface area contributed by atoms with Gasteiger partial charge in [0.2, 0.25) is 5.82 Å². The summed E-state index contributed by atoms with van der Waals surface area (Å²) in [7, 11) is -1.33. The smallest absolute Gasteiger partial charge is 0.203 e. The molecule has 2 aromatic carbocycles. The van der Waals surface area contributed by atoms with Crippen LogP contribution in [0.25, 0.3) is 0 Å². The molecule has 2 aromatic rings. The molecule has 2 rings (SSSR count). The zero-order valence-corrected chi connectivity index (χ0v) is 11.8. The van der Waals surface area contributed by atoms with E-state index in [4.69, 9.17) is 0 Å². The highest BCUT2D eigenvalue weighted by Gasteiger charge is 2.20. The second-order valence-corrected chi connectivity index (χ2v) is 7.25. The van der Waals surface area contributed by atoms with Crippen molar-refractivity contribution in [2.75, 3.05) is 0 Å². The molecule has 2 unspecified atom stereocenters. The Bertz CT molecular complexity index is 601. The predicted molar refractivity (Wildman–Crippen MR) is 69.9 cm³/mol. The third-order valence-electron chi connectivity index (χ3n) is 2.48. The summed E-state index contributed by atoms with van der Waals surface area (Å²) >= 11 is 0. The molecule has 106 valence electrons. The fourth-order valence-corrected chi connectivity index (χ4v) is 4.89. The van der Waals surface area contributed by atoms with Gasteiger partial charge in [-0.1, -0.05) is 0 Å². The summed E-state index contributed by atoms with van der Waals surface area (Å²) in [4.78, 5) is 0. The van der Waals surface area contributed by atoms with Crippen molar-refractivity contribution < 1.29 is 26.3 Å². The molecule has 0 saturated carbocycles. The molecule has 0 heterocycles. The van der Waals surface area contributed by atoms with Gasteiger partial charge >= 0.3 is 0 Å². The molecule has 0 N–H and O–H groups in total. The monoisotopic (exact) mass is 327 g/mol. The maximum Gasteiger partial charge on any atom is 0.203 e. The van der Waals surface area contributed by atoms with Crippen LogP contribution in [0.2, 0.25) is 0 Å². The molecule has 0 aliphatic heterocycles. The molecule has 0 amide bonds. The standard InChI is InChI=1S/C12H6F6P2/c13-5-1-3-7(11(17)9(5)15)19-20-8-4-2-6(14)10(16)12(8)18/h1-4,19-20H/p+1. The summed E-state index contributed by atoms with van der Waals surface area (Å²) in [5, 5.41) is -0.186. The quantitative estimate of drug-likeness (QED) is 0.460. The summed E-state index contributed by atoms with van der Waals surface area (Å²) < 4.78 is 78.2. The number of rotatable bonds is 3. The second-order valence-electron chi connectivity index (χ2n) is 3.78. The first kappa shape index (κ1) is 15.3. The minimum absolute atomic E-state index is 0.0774. The molecule has 0 spiro atoms. The first-order valence-corrected chi connectivity index (χ1v) is 8.67. The van der Waals surface area contributed by atoms with E-state index >= 15 is 0 Å². The number of halogens is 6. The SMILES string of the molecule is Fc1ccc(P[PH2+]c2ccc(F)c(F)c2F)c(F)c1F. The summed E-state index contributed by atoms with van der Waals surface area (Å²) in [5.41, 5.74) is 0. The van der Waals surface area contributed by atoms with Crippen molar-refractivity contribution in [1.82, 2.24) is 0 Å². The van der Waals surface area contributed by atoms with E-state index in [-0.39, 0.29) is 18.9 Å². The van der Waals surface area contributed by atoms with Crippen molar-refractivity contribution in [3.8, 4) is 0 Å². The summed E-state index contributed by atoms with van der Waals surface area (Å²) in [6.45, 7) is 0. The molecule has 0 aromatic heterocycles. The highest BCUT2D eigenvalue weighted by molar-refractivity contribution is 8.18. The lowest BCUT2D eigenvalue weighted by Gasteiger charge is -2.02. The first-order chi connectivity index (χ1) is 9.41. The summed E-state index contributed by atoms with van der Waals surface area (Å²) in [6, 6.07) is 3.65. The minimum atomic E-state index is -1.60. The Labute approximate surface area is 113 Å². The van der Waals surface area contributed by atoms with Gasteiger partial charge in [0.05, 0.1) is 13.6 Å². The molecule has 2 atom stereocenters. The molecule has 0 fully saturated rings. The zero-order chi connectivity index (χ0) is 14.9. The fourth-order valence-electron chi connectivity index (χ4n) is 1.45. The maximum atomic E-state index is 13.4. The number of hydrogen-bond acceptors (Lipinski definition) is 0. The van der Waals surface area contributed by atoms with Gasteiger partial charge < -0.3 is 0 Å². The van der Waals surface area contributed by atoms with Gasteiger partial charge in [0, 0.05) is 8.27 Å². The van der Waals surface area contributed by atoms with E-state index in [0.29, 0.717) is 0 Å². The maximum absolute atomic E-state index is 13.4. The summed E-state index contributed by atoms with van der Waals surface area (Å²) in [5.74, 6) is -8.47. The van der Waals surface area contributed by atoms with Crippen LogP contribution >= 0.6 is 16.5 Å². The van der Waals surface area contributed by atoms with Gasteiger partial charge in [-0.3, -0.25) is 0 Å². The van der Waals surface area contributed by atoms with Gasteiger partial charge in [-0.15, -0.1) is 0 Å². The van der Waals surface area contributed by atoms with Gasteiger partial charge in [0.25, 0.3) is 0 Å². The third kappa shape index (κ3) is 2.97. The van der Waals surface area contributed by atoms with Gasteiger partial charge in [0.15, 0.2) is 29.1 Å². The van der Waals surface area contributed by atoms with Crippen LogP contribution in [-0.2, 0) is 0 Å². The molecule has 20 heavy (non-hydrogen) atoms.